The van der Waals surface area contributed by atoms with Gasteiger partial charge in [0, 0.05) is 0 Å². The SMILES string of the molecule is C=C(CCC)c1ccc(OC)c(CCOCCO)c1. The van der Waals surface area contributed by atoms with Crippen molar-refractivity contribution < 1.29 is 14.6 Å². The molecular formula is C16H24O3. The highest BCUT2D eigenvalue weighted by atomic mass is 16.5. The minimum atomic E-state index is 0.0600. The molecule has 0 atom stereocenters. The molecule has 0 aliphatic carbocycles. The maximum absolute atomic E-state index is 8.68. The van der Waals surface area contributed by atoms with Crippen LogP contribution in [0.4, 0.5) is 0 Å². The largest absolute Gasteiger partial charge is 0.496 e. The van der Waals surface area contributed by atoms with Crippen molar-refractivity contribution in [3.8, 4) is 5.75 Å². The molecule has 0 saturated heterocycles. The average molecular weight is 264 g/mol. The highest BCUT2D eigenvalue weighted by Crippen LogP contribution is 2.25. The van der Waals surface area contributed by atoms with Gasteiger partial charge in [-0.1, -0.05) is 26.0 Å². The second-order valence-electron chi connectivity index (χ2n) is 4.47. The van der Waals surface area contributed by atoms with Crippen LogP contribution in [0.25, 0.3) is 5.57 Å². The number of hydrogen-bond acceptors (Lipinski definition) is 3. The number of aliphatic hydroxyl groups is 1. The standard InChI is InChI=1S/C16H24O3/c1-4-5-13(2)14-6-7-16(18-3)15(12-14)8-10-19-11-9-17/h6-7,12,17H,2,4-5,8-11H2,1,3H3. The lowest BCUT2D eigenvalue weighted by Crippen LogP contribution is -2.04. The van der Waals surface area contributed by atoms with Crippen molar-refractivity contribution in [1.29, 1.82) is 0 Å². The van der Waals surface area contributed by atoms with E-state index in [2.05, 4.69) is 25.6 Å². The number of ether oxygens (including phenoxy) is 2. The lowest BCUT2D eigenvalue weighted by Gasteiger charge is -2.12. The molecule has 0 aliphatic heterocycles. The van der Waals surface area contributed by atoms with Crippen LogP contribution in [0, 0.1) is 0 Å². The Balaban J connectivity index is 2.75. The fourth-order valence-corrected chi connectivity index (χ4v) is 1.99. The number of methoxy groups -OCH3 is 1. The second-order valence-corrected chi connectivity index (χ2v) is 4.47. The highest BCUT2D eigenvalue weighted by molar-refractivity contribution is 5.65. The van der Waals surface area contributed by atoms with Gasteiger partial charge in [-0.2, -0.15) is 0 Å². The van der Waals surface area contributed by atoms with Crippen molar-refractivity contribution in [3.05, 3.63) is 35.9 Å². The van der Waals surface area contributed by atoms with E-state index in [-0.39, 0.29) is 6.61 Å². The molecule has 0 spiro atoms. The molecule has 1 N–H and O–H groups in total. The summed E-state index contributed by atoms with van der Waals surface area (Å²) in [6, 6.07) is 6.16. The molecule has 19 heavy (non-hydrogen) atoms. The van der Waals surface area contributed by atoms with Gasteiger partial charge in [-0.25, -0.2) is 0 Å². The number of hydrogen-bond donors (Lipinski definition) is 1. The molecule has 106 valence electrons. The summed E-state index contributed by atoms with van der Waals surface area (Å²) in [6.07, 6.45) is 2.88. The predicted molar refractivity (Wildman–Crippen MR) is 78.5 cm³/mol. The van der Waals surface area contributed by atoms with Gasteiger partial charge in [0.2, 0.25) is 0 Å². The Labute approximate surface area is 115 Å². The number of aliphatic hydroxyl groups excluding tert-OH is 1. The van der Waals surface area contributed by atoms with E-state index in [1.807, 2.05) is 6.07 Å². The Morgan fingerprint density at radius 2 is 2.11 bits per heavy atom. The molecule has 0 saturated carbocycles. The third-order valence-corrected chi connectivity index (χ3v) is 2.99. The first-order valence-corrected chi connectivity index (χ1v) is 6.76. The van der Waals surface area contributed by atoms with E-state index in [0.717, 1.165) is 36.1 Å². The van der Waals surface area contributed by atoms with E-state index in [1.54, 1.807) is 7.11 Å². The molecule has 0 unspecified atom stereocenters. The number of benzene rings is 1. The molecule has 1 rings (SSSR count). The number of allylic oxidation sites excluding steroid dienone is 1. The van der Waals surface area contributed by atoms with E-state index < -0.39 is 0 Å². The first-order valence-electron chi connectivity index (χ1n) is 6.76. The molecule has 1 aromatic carbocycles. The zero-order valence-electron chi connectivity index (χ0n) is 11.9. The summed E-state index contributed by atoms with van der Waals surface area (Å²) in [5.41, 5.74) is 3.44. The third kappa shape index (κ3) is 5.05. The van der Waals surface area contributed by atoms with Crippen molar-refractivity contribution >= 4 is 5.57 Å². The monoisotopic (exact) mass is 264 g/mol. The van der Waals surface area contributed by atoms with Crippen LogP contribution in [-0.4, -0.2) is 32.0 Å². The lowest BCUT2D eigenvalue weighted by molar-refractivity contribution is 0.0941. The molecule has 3 heteroatoms. The minimum Gasteiger partial charge on any atom is -0.496 e. The fraction of sp³-hybridized carbons (Fsp3) is 0.500. The average Bonchev–Trinajstić information content (AvgIpc) is 2.43. The van der Waals surface area contributed by atoms with Gasteiger partial charge in [0.1, 0.15) is 5.75 Å². The Morgan fingerprint density at radius 3 is 2.74 bits per heavy atom. The van der Waals surface area contributed by atoms with Crippen molar-refractivity contribution in [1.82, 2.24) is 0 Å². The van der Waals surface area contributed by atoms with Crippen LogP contribution in [-0.2, 0) is 11.2 Å². The van der Waals surface area contributed by atoms with Crippen LogP contribution in [0.3, 0.4) is 0 Å². The summed E-state index contributed by atoms with van der Waals surface area (Å²) in [4.78, 5) is 0. The molecular weight excluding hydrogens is 240 g/mol. The normalized spacial score (nSPS) is 10.5. The van der Waals surface area contributed by atoms with Crippen molar-refractivity contribution in [2.24, 2.45) is 0 Å². The van der Waals surface area contributed by atoms with Crippen LogP contribution in [0.2, 0.25) is 0 Å². The molecule has 0 heterocycles. The molecule has 0 bridgehead atoms. The number of rotatable bonds is 9. The second kappa shape index (κ2) is 8.73. The summed E-state index contributed by atoms with van der Waals surface area (Å²) >= 11 is 0. The van der Waals surface area contributed by atoms with E-state index in [1.165, 1.54) is 5.56 Å². The van der Waals surface area contributed by atoms with Gasteiger partial charge in [0.15, 0.2) is 0 Å². The van der Waals surface area contributed by atoms with E-state index in [9.17, 15) is 0 Å². The maximum atomic E-state index is 8.68. The van der Waals surface area contributed by atoms with Crippen LogP contribution in [0.1, 0.15) is 30.9 Å². The Hall–Kier alpha value is -1.32. The summed E-state index contributed by atoms with van der Waals surface area (Å²) in [6.45, 7) is 7.29. The third-order valence-electron chi connectivity index (χ3n) is 2.99. The lowest BCUT2D eigenvalue weighted by atomic mass is 9.99. The Bertz CT molecular complexity index is 399. The van der Waals surface area contributed by atoms with Gasteiger partial charge < -0.3 is 14.6 Å². The van der Waals surface area contributed by atoms with Gasteiger partial charge in [-0.3, -0.25) is 0 Å². The molecule has 0 radical (unpaired) electrons. The van der Waals surface area contributed by atoms with Crippen molar-refractivity contribution in [2.45, 2.75) is 26.2 Å². The zero-order valence-corrected chi connectivity index (χ0v) is 11.9. The fourth-order valence-electron chi connectivity index (χ4n) is 1.99. The van der Waals surface area contributed by atoms with E-state index in [4.69, 9.17) is 14.6 Å². The van der Waals surface area contributed by atoms with Crippen molar-refractivity contribution in [2.75, 3.05) is 26.9 Å². The molecule has 0 fully saturated rings. The van der Waals surface area contributed by atoms with Crippen LogP contribution in [0.5, 0.6) is 5.75 Å². The molecule has 1 aromatic rings. The molecule has 0 amide bonds. The Morgan fingerprint density at radius 1 is 1.32 bits per heavy atom. The summed E-state index contributed by atoms with van der Waals surface area (Å²) < 4.78 is 10.7. The maximum Gasteiger partial charge on any atom is 0.122 e. The minimum absolute atomic E-state index is 0.0600. The van der Waals surface area contributed by atoms with E-state index >= 15 is 0 Å². The highest BCUT2D eigenvalue weighted by Gasteiger charge is 2.06. The van der Waals surface area contributed by atoms with Gasteiger partial charge in [-0.15, -0.1) is 0 Å². The topological polar surface area (TPSA) is 38.7 Å². The van der Waals surface area contributed by atoms with Crippen LogP contribution >= 0.6 is 0 Å². The van der Waals surface area contributed by atoms with Crippen molar-refractivity contribution in [3.63, 3.8) is 0 Å². The molecule has 0 aromatic heterocycles. The van der Waals surface area contributed by atoms with Crippen LogP contribution in [0.15, 0.2) is 24.8 Å². The quantitative estimate of drug-likeness (QED) is 0.697. The first kappa shape index (κ1) is 15.7. The van der Waals surface area contributed by atoms with Gasteiger partial charge in [-0.05, 0) is 41.7 Å². The molecule has 3 nitrogen and oxygen atoms in total. The summed E-state index contributed by atoms with van der Waals surface area (Å²) in [5, 5.41) is 8.68. The summed E-state index contributed by atoms with van der Waals surface area (Å²) in [7, 11) is 1.67. The van der Waals surface area contributed by atoms with Gasteiger partial charge in [0.25, 0.3) is 0 Å². The van der Waals surface area contributed by atoms with Gasteiger partial charge >= 0.3 is 0 Å². The Kier molecular flexibility index (Phi) is 7.23. The molecule has 0 aliphatic rings. The van der Waals surface area contributed by atoms with E-state index in [0.29, 0.717) is 13.2 Å². The van der Waals surface area contributed by atoms with Crippen LogP contribution < -0.4 is 4.74 Å². The summed E-state index contributed by atoms with van der Waals surface area (Å²) in [5.74, 6) is 0.876. The first-order chi connectivity index (χ1) is 9.22. The predicted octanol–water partition coefficient (Wildman–Crippen LogP) is 3.06. The zero-order chi connectivity index (χ0) is 14.1. The van der Waals surface area contributed by atoms with Gasteiger partial charge in [0.05, 0.1) is 26.9 Å². The smallest absolute Gasteiger partial charge is 0.122 e.